The number of hydrogen-bond acceptors (Lipinski definition) is 3. The van der Waals surface area contributed by atoms with E-state index >= 15 is 0 Å². The van der Waals surface area contributed by atoms with E-state index in [0.717, 1.165) is 16.3 Å². The normalized spacial score (nSPS) is 12.4. The van der Waals surface area contributed by atoms with Crippen LogP contribution >= 0.6 is 0 Å². The Labute approximate surface area is 93.2 Å². The highest BCUT2D eigenvalue weighted by Crippen LogP contribution is 2.19. The molecule has 1 unspecified atom stereocenters. The van der Waals surface area contributed by atoms with E-state index in [2.05, 4.69) is 0 Å². The molecule has 2 rings (SSSR count). The van der Waals surface area contributed by atoms with Crippen LogP contribution in [0, 0.1) is 0 Å². The molecule has 0 saturated heterocycles. The lowest BCUT2D eigenvalue weighted by molar-refractivity contribution is -0.122. The number of rotatable bonds is 2. The lowest BCUT2D eigenvalue weighted by Crippen LogP contribution is -2.38. The number of amides is 1. The van der Waals surface area contributed by atoms with Crippen LogP contribution < -0.4 is 17.0 Å². The maximum atomic E-state index is 11.3. The Morgan fingerprint density at radius 3 is 2.50 bits per heavy atom. The van der Waals surface area contributed by atoms with Gasteiger partial charge in [-0.3, -0.25) is 10.2 Å². The van der Waals surface area contributed by atoms with Gasteiger partial charge in [0.25, 0.3) is 5.91 Å². The number of benzene rings is 2. The number of nitrogens with one attached hydrogen (secondary N) is 1. The van der Waals surface area contributed by atoms with Gasteiger partial charge >= 0.3 is 0 Å². The fraction of sp³-hybridized carbons (Fsp3) is 0.0833. The average Bonchev–Trinajstić information content (AvgIpc) is 2.36. The summed E-state index contributed by atoms with van der Waals surface area (Å²) >= 11 is 0. The largest absolute Gasteiger partial charge is 0.316 e. The summed E-state index contributed by atoms with van der Waals surface area (Å²) in [6.45, 7) is 0. The summed E-state index contributed by atoms with van der Waals surface area (Å²) in [7, 11) is 0. The van der Waals surface area contributed by atoms with E-state index in [-0.39, 0.29) is 0 Å². The predicted octanol–water partition coefficient (Wildman–Crippen LogP) is 0.830. The number of hydrogen-bond donors (Lipinski definition) is 3. The Morgan fingerprint density at radius 2 is 1.81 bits per heavy atom. The number of carbonyl (C=O) groups excluding carboxylic acids is 1. The zero-order chi connectivity index (χ0) is 11.5. The molecule has 0 saturated carbocycles. The van der Waals surface area contributed by atoms with Crippen molar-refractivity contribution in [3.05, 3.63) is 48.0 Å². The molecule has 5 N–H and O–H groups in total. The number of fused-ring (bicyclic) bond motifs is 1. The molecule has 1 amide bonds. The Balaban J connectivity index is 2.43. The standard InChI is InChI=1S/C12H13N3O/c13-11(12(16)15-14)10-6-5-8-3-1-2-4-9(8)7-10/h1-7,11H,13-14H2,(H,15,16). The second kappa shape index (κ2) is 4.30. The highest BCUT2D eigenvalue weighted by molar-refractivity contribution is 5.87. The number of nitrogens with two attached hydrogens (primary N) is 2. The quantitative estimate of drug-likeness (QED) is 0.394. The third-order valence-corrected chi connectivity index (χ3v) is 2.56. The second-order valence-electron chi connectivity index (χ2n) is 3.59. The van der Waals surface area contributed by atoms with Crippen LogP contribution in [0.3, 0.4) is 0 Å². The first-order chi connectivity index (χ1) is 7.72. The van der Waals surface area contributed by atoms with E-state index in [1.54, 1.807) is 0 Å². The summed E-state index contributed by atoms with van der Waals surface area (Å²) in [4.78, 5) is 11.3. The lowest BCUT2D eigenvalue weighted by Gasteiger charge is -2.10. The average molecular weight is 215 g/mol. The van der Waals surface area contributed by atoms with E-state index in [1.165, 1.54) is 0 Å². The van der Waals surface area contributed by atoms with Crippen LogP contribution in [0.15, 0.2) is 42.5 Å². The van der Waals surface area contributed by atoms with E-state index < -0.39 is 11.9 Å². The van der Waals surface area contributed by atoms with Crippen LogP contribution in [-0.4, -0.2) is 5.91 Å². The first kappa shape index (κ1) is 10.6. The summed E-state index contributed by atoms with van der Waals surface area (Å²) < 4.78 is 0. The van der Waals surface area contributed by atoms with Gasteiger partial charge in [-0.2, -0.15) is 0 Å². The van der Waals surface area contributed by atoms with Crippen LogP contribution in [0.4, 0.5) is 0 Å². The molecule has 0 aliphatic carbocycles. The molecule has 16 heavy (non-hydrogen) atoms. The van der Waals surface area contributed by atoms with Crippen LogP contribution in [0.2, 0.25) is 0 Å². The zero-order valence-electron chi connectivity index (χ0n) is 8.68. The summed E-state index contributed by atoms with van der Waals surface area (Å²) in [5.74, 6) is 4.65. The summed E-state index contributed by atoms with van der Waals surface area (Å²) in [5.41, 5.74) is 8.55. The maximum Gasteiger partial charge on any atom is 0.255 e. The molecule has 0 radical (unpaired) electrons. The molecular weight excluding hydrogens is 202 g/mol. The fourth-order valence-corrected chi connectivity index (χ4v) is 1.64. The Bertz CT molecular complexity index is 524. The van der Waals surface area contributed by atoms with Gasteiger partial charge < -0.3 is 5.73 Å². The monoisotopic (exact) mass is 215 g/mol. The second-order valence-corrected chi connectivity index (χ2v) is 3.59. The highest BCUT2D eigenvalue weighted by Gasteiger charge is 2.14. The predicted molar refractivity (Wildman–Crippen MR) is 63.2 cm³/mol. The van der Waals surface area contributed by atoms with Crippen molar-refractivity contribution < 1.29 is 4.79 Å². The molecule has 0 aliphatic heterocycles. The maximum absolute atomic E-state index is 11.3. The van der Waals surface area contributed by atoms with Gasteiger partial charge in [0.2, 0.25) is 0 Å². The summed E-state index contributed by atoms with van der Waals surface area (Å²) in [6, 6.07) is 12.8. The van der Waals surface area contributed by atoms with Crippen LogP contribution in [0.1, 0.15) is 11.6 Å². The summed E-state index contributed by atoms with van der Waals surface area (Å²) in [5, 5.41) is 2.17. The van der Waals surface area contributed by atoms with Gasteiger partial charge in [0.15, 0.2) is 0 Å². The molecule has 4 nitrogen and oxygen atoms in total. The van der Waals surface area contributed by atoms with Gasteiger partial charge in [0.05, 0.1) is 0 Å². The molecule has 4 heteroatoms. The van der Waals surface area contributed by atoms with Crippen molar-refractivity contribution in [3.63, 3.8) is 0 Å². The van der Waals surface area contributed by atoms with Crippen molar-refractivity contribution in [3.8, 4) is 0 Å². The van der Waals surface area contributed by atoms with Crippen LogP contribution in [0.5, 0.6) is 0 Å². The minimum absolute atomic E-state index is 0.393. The van der Waals surface area contributed by atoms with Gasteiger partial charge in [-0.15, -0.1) is 0 Å². The minimum Gasteiger partial charge on any atom is -0.316 e. The van der Waals surface area contributed by atoms with E-state index in [9.17, 15) is 4.79 Å². The zero-order valence-corrected chi connectivity index (χ0v) is 8.68. The SMILES string of the molecule is NNC(=O)C(N)c1ccc2ccccc2c1. The van der Waals surface area contributed by atoms with E-state index in [0.29, 0.717) is 0 Å². The molecule has 2 aromatic carbocycles. The number of hydrazine groups is 1. The van der Waals surface area contributed by atoms with E-state index in [4.69, 9.17) is 11.6 Å². The van der Waals surface area contributed by atoms with E-state index in [1.807, 2.05) is 47.9 Å². The van der Waals surface area contributed by atoms with Gasteiger partial charge in [-0.05, 0) is 22.4 Å². The molecule has 0 fully saturated rings. The van der Waals surface area contributed by atoms with Crippen molar-refractivity contribution in [2.45, 2.75) is 6.04 Å². The van der Waals surface area contributed by atoms with Crippen molar-refractivity contribution in [2.24, 2.45) is 11.6 Å². The molecule has 0 heterocycles. The van der Waals surface area contributed by atoms with Gasteiger partial charge in [-0.1, -0.05) is 36.4 Å². The summed E-state index contributed by atoms with van der Waals surface area (Å²) in [6.07, 6.45) is 0. The highest BCUT2D eigenvalue weighted by atomic mass is 16.2. The van der Waals surface area contributed by atoms with Crippen LogP contribution in [-0.2, 0) is 4.79 Å². The molecule has 0 spiro atoms. The first-order valence-corrected chi connectivity index (χ1v) is 4.97. The Morgan fingerprint density at radius 1 is 1.12 bits per heavy atom. The van der Waals surface area contributed by atoms with Crippen molar-refractivity contribution >= 4 is 16.7 Å². The smallest absolute Gasteiger partial charge is 0.255 e. The fourth-order valence-electron chi connectivity index (χ4n) is 1.64. The van der Waals surface area contributed by atoms with Crippen LogP contribution in [0.25, 0.3) is 10.8 Å². The van der Waals surface area contributed by atoms with Crippen molar-refractivity contribution in [1.29, 1.82) is 0 Å². The van der Waals surface area contributed by atoms with Gasteiger partial charge in [0.1, 0.15) is 6.04 Å². The Kier molecular flexibility index (Phi) is 2.85. The number of carbonyl (C=O) groups is 1. The van der Waals surface area contributed by atoms with Crippen molar-refractivity contribution in [2.75, 3.05) is 0 Å². The molecule has 2 aromatic rings. The topological polar surface area (TPSA) is 81.1 Å². The molecule has 82 valence electrons. The Hall–Kier alpha value is -1.91. The molecule has 0 bridgehead atoms. The molecule has 1 atom stereocenters. The third-order valence-electron chi connectivity index (χ3n) is 2.56. The van der Waals surface area contributed by atoms with Crippen molar-refractivity contribution in [1.82, 2.24) is 5.43 Å². The molecule has 0 aromatic heterocycles. The van der Waals surface area contributed by atoms with Gasteiger partial charge in [-0.25, -0.2) is 5.84 Å². The minimum atomic E-state index is -0.727. The first-order valence-electron chi connectivity index (χ1n) is 4.97. The molecule has 0 aliphatic rings. The third kappa shape index (κ3) is 1.88. The molecular formula is C12H13N3O. The van der Waals surface area contributed by atoms with Gasteiger partial charge in [0, 0.05) is 0 Å². The lowest BCUT2D eigenvalue weighted by atomic mass is 10.0.